The molecule has 0 radical (unpaired) electrons. The predicted molar refractivity (Wildman–Crippen MR) is 167 cm³/mol. The lowest BCUT2D eigenvalue weighted by atomic mass is 9.95. The van der Waals surface area contributed by atoms with Crippen LogP contribution in [0, 0.1) is 0 Å². The molecule has 4 amide bonds. The van der Waals surface area contributed by atoms with E-state index in [4.69, 9.17) is 0 Å². The number of para-hydroxylation sites is 2. The highest BCUT2D eigenvalue weighted by Gasteiger charge is 2.23. The first-order valence-electron chi connectivity index (χ1n) is 15.7. The monoisotopic (exact) mass is 574 g/mol. The SMILES string of the molecule is CN(C(=O)CCCCC(=O)N(C)c1ccccc1C(=O)NC1CCCCC1)c1ccccc1C(=O)NC1CCCCC1. The summed E-state index contributed by atoms with van der Waals surface area (Å²) in [5.74, 6) is -0.478. The second-order valence-corrected chi connectivity index (χ2v) is 11.8. The molecule has 8 heteroatoms. The molecule has 0 bridgehead atoms. The van der Waals surface area contributed by atoms with Crippen molar-refractivity contribution in [1.82, 2.24) is 10.6 Å². The van der Waals surface area contributed by atoms with Crippen molar-refractivity contribution in [3.8, 4) is 0 Å². The third kappa shape index (κ3) is 8.43. The van der Waals surface area contributed by atoms with E-state index in [1.165, 1.54) is 12.8 Å². The molecule has 4 rings (SSSR count). The van der Waals surface area contributed by atoms with Crippen molar-refractivity contribution in [1.29, 1.82) is 0 Å². The Morgan fingerprint density at radius 1 is 0.595 bits per heavy atom. The van der Waals surface area contributed by atoms with Crippen molar-refractivity contribution < 1.29 is 19.2 Å². The summed E-state index contributed by atoms with van der Waals surface area (Å²) in [6, 6.07) is 14.8. The molecule has 0 aromatic heterocycles. The number of rotatable bonds is 11. The largest absolute Gasteiger partial charge is 0.349 e. The molecule has 2 saturated carbocycles. The molecule has 8 nitrogen and oxygen atoms in total. The van der Waals surface area contributed by atoms with E-state index in [2.05, 4.69) is 10.6 Å². The fourth-order valence-corrected chi connectivity index (χ4v) is 6.09. The van der Waals surface area contributed by atoms with Gasteiger partial charge in [0.2, 0.25) is 11.8 Å². The number of nitrogens with one attached hydrogen (secondary N) is 2. The van der Waals surface area contributed by atoms with Crippen LogP contribution in [0.2, 0.25) is 0 Å². The van der Waals surface area contributed by atoms with Crippen LogP contribution in [0.5, 0.6) is 0 Å². The Hall–Kier alpha value is -3.68. The molecule has 0 unspecified atom stereocenters. The highest BCUT2D eigenvalue weighted by atomic mass is 16.2. The zero-order valence-corrected chi connectivity index (χ0v) is 25.2. The lowest BCUT2D eigenvalue weighted by molar-refractivity contribution is -0.120. The maximum atomic E-state index is 13.0. The van der Waals surface area contributed by atoms with E-state index in [0.29, 0.717) is 35.3 Å². The fraction of sp³-hybridized carbons (Fsp3) is 0.529. The van der Waals surface area contributed by atoms with Crippen molar-refractivity contribution in [2.45, 2.75) is 102 Å². The van der Waals surface area contributed by atoms with E-state index in [0.717, 1.165) is 51.4 Å². The van der Waals surface area contributed by atoms with E-state index in [1.807, 2.05) is 24.3 Å². The maximum Gasteiger partial charge on any atom is 0.253 e. The first kappa shape index (κ1) is 31.3. The molecule has 2 aromatic carbocycles. The van der Waals surface area contributed by atoms with Gasteiger partial charge >= 0.3 is 0 Å². The highest BCUT2D eigenvalue weighted by Crippen LogP contribution is 2.25. The minimum Gasteiger partial charge on any atom is -0.349 e. The quantitative estimate of drug-likeness (QED) is 0.322. The summed E-state index contributed by atoms with van der Waals surface area (Å²) >= 11 is 0. The number of nitrogens with zero attached hydrogens (tertiary/aromatic N) is 2. The molecule has 2 fully saturated rings. The van der Waals surface area contributed by atoms with E-state index < -0.39 is 0 Å². The molecular weight excluding hydrogens is 528 g/mol. The van der Waals surface area contributed by atoms with Gasteiger partial charge in [0.25, 0.3) is 11.8 Å². The number of carbonyl (C=O) groups is 4. The molecule has 2 aliphatic rings. The van der Waals surface area contributed by atoms with E-state index in [9.17, 15) is 19.2 Å². The average Bonchev–Trinajstić information content (AvgIpc) is 3.03. The summed E-state index contributed by atoms with van der Waals surface area (Å²) in [6.45, 7) is 0. The zero-order chi connectivity index (χ0) is 29.9. The molecule has 42 heavy (non-hydrogen) atoms. The molecule has 226 valence electrons. The van der Waals surface area contributed by atoms with E-state index in [1.54, 1.807) is 48.2 Å². The normalized spacial score (nSPS) is 16.0. The Balaban J connectivity index is 1.27. The Kier molecular flexibility index (Phi) is 11.6. The summed E-state index contributed by atoms with van der Waals surface area (Å²) in [6.07, 6.45) is 12.6. The molecule has 0 saturated heterocycles. The van der Waals surface area contributed by atoms with E-state index >= 15 is 0 Å². The van der Waals surface area contributed by atoms with Gasteiger partial charge in [-0.15, -0.1) is 0 Å². The van der Waals surface area contributed by atoms with Gasteiger partial charge in [0.1, 0.15) is 0 Å². The molecule has 2 N–H and O–H groups in total. The van der Waals surface area contributed by atoms with Gasteiger partial charge in [-0.3, -0.25) is 19.2 Å². The Labute approximate surface area is 250 Å². The lowest BCUT2D eigenvalue weighted by Gasteiger charge is -2.25. The Morgan fingerprint density at radius 2 is 0.952 bits per heavy atom. The second kappa shape index (κ2) is 15.5. The molecule has 0 atom stereocenters. The van der Waals surface area contributed by atoms with Gasteiger partial charge < -0.3 is 20.4 Å². The van der Waals surface area contributed by atoms with Crippen LogP contribution >= 0.6 is 0 Å². The molecule has 2 aliphatic carbocycles. The molecule has 2 aromatic rings. The summed E-state index contributed by atoms with van der Waals surface area (Å²) in [5.41, 5.74) is 2.19. The standard InChI is InChI=1S/C34H46N4O4/c1-37(29-21-11-9-19-27(29)33(41)35-25-15-5-3-6-16-25)31(39)23-13-14-24-32(40)38(2)30-22-12-10-20-28(30)34(42)36-26-17-7-4-8-18-26/h9-12,19-22,25-26H,3-8,13-18,23-24H2,1-2H3,(H,35,41)(H,36,42). The van der Waals surface area contributed by atoms with Crippen LogP contribution in [0.15, 0.2) is 48.5 Å². The zero-order valence-electron chi connectivity index (χ0n) is 25.2. The smallest absolute Gasteiger partial charge is 0.253 e. The lowest BCUT2D eigenvalue weighted by Crippen LogP contribution is -2.37. The number of benzene rings is 2. The van der Waals surface area contributed by atoms with Crippen LogP contribution in [0.1, 0.15) is 111 Å². The van der Waals surface area contributed by atoms with Gasteiger partial charge in [-0.25, -0.2) is 0 Å². The van der Waals surface area contributed by atoms with Crippen LogP contribution < -0.4 is 20.4 Å². The van der Waals surface area contributed by atoms with Crippen LogP contribution in [0.3, 0.4) is 0 Å². The van der Waals surface area contributed by atoms with Crippen molar-refractivity contribution in [2.75, 3.05) is 23.9 Å². The number of unbranched alkanes of at least 4 members (excludes halogenated alkanes) is 1. The fourth-order valence-electron chi connectivity index (χ4n) is 6.09. The van der Waals surface area contributed by atoms with Crippen LogP contribution in [-0.2, 0) is 9.59 Å². The van der Waals surface area contributed by atoms with Gasteiger partial charge in [0.15, 0.2) is 0 Å². The first-order chi connectivity index (χ1) is 20.3. The summed E-state index contributed by atoms with van der Waals surface area (Å²) in [5, 5.41) is 6.29. The predicted octanol–water partition coefficient (Wildman–Crippen LogP) is 6.00. The molecule has 0 spiro atoms. The highest BCUT2D eigenvalue weighted by molar-refractivity contribution is 6.05. The maximum absolute atomic E-state index is 13.0. The first-order valence-corrected chi connectivity index (χ1v) is 15.7. The number of amides is 4. The van der Waals surface area contributed by atoms with Crippen LogP contribution in [0.4, 0.5) is 11.4 Å². The topological polar surface area (TPSA) is 98.8 Å². The molecule has 0 aliphatic heterocycles. The third-order valence-corrected chi connectivity index (χ3v) is 8.68. The van der Waals surface area contributed by atoms with Gasteiger partial charge in [0, 0.05) is 39.0 Å². The second-order valence-electron chi connectivity index (χ2n) is 11.8. The van der Waals surface area contributed by atoms with Crippen molar-refractivity contribution in [3.63, 3.8) is 0 Å². The van der Waals surface area contributed by atoms with Crippen molar-refractivity contribution in [3.05, 3.63) is 59.7 Å². The van der Waals surface area contributed by atoms with Gasteiger partial charge in [0.05, 0.1) is 22.5 Å². The summed E-state index contributed by atoms with van der Waals surface area (Å²) in [7, 11) is 3.40. The van der Waals surface area contributed by atoms with Crippen molar-refractivity contribution >= 4 is 35.0 Å². The van der Waals surface area contributed by atoms with Gasteiger partial charge in [-0.2, -0.15) is 0 Å². The van der Waals surface area contributed by atoms with Gasteiger partial charge in [-0.1, -0.05) is 62.8 Å². The van der Waals surface area contributed by atoms with Crippen LogP contribution in [-0.4, -0.2) is 49.8 Å². The van der Waals surface area contributed by atoms with Gasteiger partial charge in [-0.05, 0) is 62.8 Å². The minimum atomic E-state index is -0.140. The van der Waals surface area contributed by atoms with Crippen LogP contribution in [0.25, 0.3) is 0 Å². The third-order valence-electron chi connectivity index (χ3n) is 8.68. The number of hydrogen-bond acceptors (Lipinski definition) is 4. The van der Waals surface area contributed by atoms with E-state index in [-0.39, 0.29) is 48.6 Å². The molecular formula is C34H46N4O4. The number of carbonyl (C=O) groups excluding carboxylic acids is 4. The van der Waals surface area contributed by atoms with Crippen molar-refractivity contribution in [2.24, 2.45) is 0 Å². The Bertz CT molecular complexity index is 1140. The number of anilines is 2. The average molecular weight is 575 g/mol. The summed E-state index contributed by atoms with van der Waals surface area (Å²) in [4.78, 5) is 55.2. The number of hydrogen-bond donors (Lipinski definition) is 2. The molecule has 0 heterocycles. The minimum absolute atomic E-state index is 0.0987. The Morgan fingerprint density at radius 3 is 1.33 bits per heavy atom. The summed E-state index contributed by atoms with van der Waals surface area (Å²) < 4.78 is 0.